The first-order valence-electron chi connectivity index (χ1n) is 10.6. The number of anilines is 1. The molecule has 0 spiro atoms. The van der Waals surface area contributed by atoms with E-state index in [9.17, 15) is 13.2 Å². The average Bonchev–Trinajstić information content (AvgIpc) is 3.06. The van der Waals surface area contributed by atoms with Crippen molar-refractivity contribution < 1.29 is 18.1 Å². The minimum absolute atomic E-state index is 0.136. The van der Waals surface area contributed by atoms with Crippen LogP contribution in [0.4, 0.5) is 5.69 Å². The number of quaternary nitrogens is 1. The molecule has 0 unspecified atom stereocenters. The summed E-state index contributed by atoms with van der Waals surface area (Å²) in [5, 5.41) is 3.03. The van der Waals surface area contributed by atoms with E-state index in [0.29, 0.717) is 24.2 Å². The summed E-state index contributed by atoms with van der Waals surface area (Å²) in [5.74, 6) is -0.145. The third-order valence-corrected chi connectivity index (χ3v) is 7.12. The van der Waals surface area contributed by atoms with Crippen LogP contribution in [0.15, 0.2) is 42.5 Å². The Hall–Kier alpha value is -2.38. The fourth-order valence-corrected chi connectivity index (χ4v) is 5.46. The maximum Gasteiger partial charge on any atom is 0.251 e. The van der Waals surface area contributed by atoms with Gasteiger partial charge in [0.25, 0.3) is 5.91 Å². The Balaban J connectivity index is 1.72. The summed E-state index contributed by atoms with van der Waals surface area (Å²) in [4.78, 5) is 14.3. The molecule has 0 bridgehead atoms. The average molecular weight is 431 g/mol. The van der Waals surface area contributed by atoms with E-state index in [0.717, 1.165) is 30.8 Å². The van der Waals surface area contributed by atoms with Gasteiger partial charge in [-0.1, -0.05) is 24.3 Å². The molecule has 6 nitrogen and oxygen atoms in total. The molecule has 1 amide bonds. The molecule has 1 aliphatic heterocycles. The molecule has 0 aromatic heterocycles. The number of rotatable bonds is 8. The molecule has 2 aromatic rings. The predicted molar refractivity (Wildman–Crippen MR) is 120 cm³/mol. The smallest absolute Gasteiger partial charge is 0.251 e. The number of carbonyl (C=O) groups is 1. The van der Waals surface area contributed by atoms with Crippen LogP contribution < -0.4 is 14.5 Å². The van der Waals surface area contributed by atoms with E-state index >= 15 is 0 Å². The highest BCUT2D eigenvalue weighted by Gasteiger charge is 2.32. The standard InChI is InChI=1S/C23H31N3O3S/c1-5-25(6-2)16-20-10-8-7-9-19(20)15-24-23(27)18-11-12-22-21(14-18)13-17(3)26(22)30(4,28)29/h7-12,14,17H,5-6,13,15-16H2,1-4H3,(H,24,27)/p+1/t17-/m0/s1. The van der Waals surface area contributed by atoms with E-state index in [1.54, 1.807) is 12.1 Å². The van der Waals surface area contributed by atoms with Gasteiger partial charge in [0, 0.05) is 23.7 Å². The van der Waals surface area contributed by atoms with Gasteiger partial charge in [0.2, 0.25) is 10.0 Å². The van der Waals surface area contributed by atoms with Crippen LogP contribution in [-0.2, 0) is 29.5 Å². The zero-order chi connectivity index (χ0) is 21.9. The zero-order valence-electron chi connectivity index (χ0n) is 18.2. The number of hydrogen-bond donors (Lipinski definition) is 2. The van der Waals surface area contributed by atoms with Gasteiger partial charge in [0.05, 0.1) is 25.0 Å². The third kappa shape index (κ3) is 4.84. The Kier molecular flexibility index (Phi) is 6.83. The van der Waals surface area contributed by atoms with E-state index in [1.807, 2.05) is 25.1 Å². The van der Waals surface area contributed by atoms with Gasteiger partial charge < -0.3 is 10.2 Å². The number of nitrogens with zero attached hydrogens (tertiary/aromatic N) is 1. The minimum Gasteiger partial charge on any atom is -0.348 e. The minimum atomic E-state index is -3.33. The highest BCUT2D eigenvalue weighted by molar-refractivity contribution is 7.92. The van der Waals surface area contributed by atoms with Crippen LogP contribution in [0.3, 0.4) is 0 Å². The highest BCUT2D eigenvalue weighted by atomic mass is 32.2. The van der Waals surface area contributed by atoms with Crippen molar-refractivity contribution in [1.82, 2.24) is 5.32 Å². The van der Waals surface area contributed by atoms with Crippen LogP contribution >= 0.6 is 0 Å². The van der Waals surface area contributed by atoms with Crippen LogP contribution in [-0.4, -0.2) is 39.7 Å². The highest BCUT2D eigenvalue weighted by Crippen LogP contribution is 2.34. The lowest BCUT2D eigenvalue weighted by Gasteiger charge is -2.22. The molecule has 1 atom stereocenters. The molecule has 1 heterocycles. The first kappa shape index (κ1) is 22.3. The zero-order valence-corrected chi connectivity index (χ0v) is 19.1. The van der Waals surface area contributed by atoms with Gasteiger partial charge in [-0.05, 0) is 56.5 Å². The molecule has 2 aromatic carbocycles. The normalized spacial score (nSPS) is 16.0. The molecule has 1 aliphatic rings. The topological polar surface area (TPSA) is 70.9 Å². The number of sulfonamides is 1. The molecular formula is C23H32N3O3S+. The Morgan fingerprint density at radius 1 is 1.13 bits per heavy atom. The number of benzene rings is 2. The lowest BCUT2D eigenvalue weighted by Crippen LogP contribution is -3.10. The molecule has 0 saturated heterocycles. The number of carbonyl (C=O) groups excluding carboxylic acids is 1. The van der Waals surface area contributed by atoms with Gasteiger partial charge >= 0.3 is 0 Å². The van der Waals surface area contributed by atoms with Gasteiger partial charge in [-0.25, -0.2) is 8.42 Å². The molecule has 0 saturated carbocycles. The number of hydrogen-bond acceptors (Lipinski definition) is 3. The largest absolute Gasteiger partial charge is 0.348 e. The predicted octanol–water partition coefficient (Wildman–Crippen LogP) is 1.75. The lowest BCUT2D eigenvalue weighted by molar-refractivity contribution is -0.910. The number of fused-ring (bicyclic) bond motifs is 1. The van der Waals surface area contributed by atoms with Gasteiger partial charge in [0.15, 0.2) is 0 Å². The fraction of sp³-hybridized carbons (Fsp3) is 0.435. The van der Waals surface area contributed by atoms with E-state index < -0.39 is 10.0 Å². The summed E-state index contributed by atoms with van der Waals surface area (Å²) in [6.45, 7) is 9.79. The number of amides is 1. The Morgan fingerprint density at radius 3 is 2.43 bits per heavy atom. The van der Waals surface area contributed by atoms with Gasteiger partial charge in [0.1, 0.15) is 6.54 Å². The van der Waals surface area contributed by atoms with Crippen molar-refractivity contribution in [1.29, 1.82) is 0 Å². The summed E-state index contributed by atoms with van der Waals surface area (Å²) in [6, 6.07) is 13.4. The molecule has 30 heavy (non-hydrogen) atoms. The van der Waals surface area contributed by atoms with Crippen molar-refractivity contribution in [3.63, 3.8) is 0 Å². The second-order valence-corrected chi connectivity index (χ2v) is 9.90. The molecule has 0 radical (unpaired) electrons. The van der Waals surface area contributed by atoms with Crippen molar-refractivity contribution >= 4 is 21.6 Å². The SMILES string of the molecule is CC[NH+](CC)Cc1ccccc1CNC(=O)c1ccc2c(c1)C[C@H](C)N2S(C)(=O)=O. The second-order valence-electron chi connectivity index (χ2n) is 8.04. The maximum absolute atomic E-state index is 12.8. The molecule has 0 fully saturated rings. The van der Waals surface area contributed by atoms with Crippen LogP contribution in [0, 0.1) is 0 Å². The maximum atomic E-state index is 12.8. The van der Waals surface area contributed by atoms with E-state index in [1.165, 1.54) is 21.0 Å². The fourth-order valence-electron chi connectivity index (χ4n) is 4.20. The van der Waals surface area contributed by atoms with Crippen molar-refractivity contribution in [3.05, 3.63) is 64.7 Å². The monoisotopic (exact) mass is 430 g/mol. The van der Waals surface area contributed by atoms with Crippen molar-refractivity contribution in [3.8, 4) is 0 Å². The summed E-state index contributed by atoms with van der Waals surface area (Å²) in [6.07, 6.45) is 1.83. The van der Waals surface area contributed by atoms with Crippen molar-refractivity contribution in [2.45, 2.75) is 46.3 Å². The van der Waals surface area contributed by atoms with Gasteiger partial charge in [-0.15, -0.1) is 0 Å². The lowest BCUT2D eigenvalue weighted by atomic mass is 10.1. The van der Waals surface area contributed by atoms with Gasteiger partial charge in [-0.2, -0.15) is 0 Å². The second kappa shape index (κ2) is 9.18. The quantitative estimate of drug-likeness (QED) is 0.670. The summed E-state index contributed by atoms with van der Waals surface area (Å²) < 4.78 is 25.6. The van der Waals surface area contributed by atoms with E-state index in [4.69, 9.17) is 0 Å². The molecule has 0 aliphatic carbocycles. The first-order chi connectivity index (χ1) is 14.2. The molecular weight excluding hydrogens is 398 g/mol. The summed E-state index contributed by atoms with van der Waals surface area (Å²) in [7, 11) is -3.33. The van der Waals surface area contributed by atoms with Crippen molar-refractivity contribution in [2.75, 3.05) is 23.7 Å². The number of nitrogens with one attached hydrogen (secondary N) is 2. The summed E-state index contributed by atoms with van der Waals surface area (Å²) in [5.41, 5.74) is 4.51. The third-order valence-electron chi connectivity index (χ3n) is 5.85. The van der Waals surface area contributed by atoms with Crippen LogP contribution in [0.2, 0.25) is 0 Å². The Labute approximate surface area is 179 Å². The van der Waals surface area contributed by atoms with Gasteiger partial charge in [-0.3, -0.25) is 9.10 Å². The molecule has 162 valence electrons. The summed E-state index contributed by atoms with van der Waals surface area (Å²) >= 11 is 0. The van der Waals surface area contributed by atoms with Crippen LogP contribution in [0.1, 0.15) is 47.8 Å². The van der Waals surface area contributed by atoms with E-state index in [-0.39, 0.29) is 11.9 Å². The van der Waals surface area contributed by atoms with Crippen LogP contribution in [0.25, 0.3) is 0 Å². The molecule has 3 rings (SSSR count). The Bertz CT molecular complexity index is 1020. The molecule has 2 N–H and O–H groups in total. The van der Waals surface area contributed by atoms with E-state index in [2.05, 4.69) is 31.3 Å². The first-order valence-corrected chi connectivity index (χ1v) is 12.4. The van der Waals surface area contributed by atoms with Crippen LogP contribution in [0.5, 0.6) is 0 Å². The Morgan fingerprint density at radius 2 is 1.80 bits per heavy atom. The molecule has 7 heteroatoms. The van der Waals surface area contributed by atoms with Crippen molar-refractivity contribution in [2.24, 2.45) is 0 Å².